The number of hydrogen-bond acceptors (Lipinski definition) is 3. The van der Waals surface area contributed by atoms with Crippen molar-refractivity contribution in [2.75, 3.05) is 26.2 Å². The van der Waals surface area contributed by atoms with E-state index >= 15 is 0 Å². The lowest BCUT2D eigenvalue weighted by Gasteiger charge is -2.33. The van der Waals surface area contributed by atoms with E-state index in [9.17, 15) is 13.6 Å². The van der Waals surface area contributed by atoms with Crippen LogP contribution in [0.25, 0.3) is 28.2 Å². The second kappa shape index (κ2) is 11.1. The first-order valence-electron chi connectivity index (χ1n) is 12.4. The number of nitrogens with zero attached hydrogens (tertiary/aromatic N) is 2. The van der Waals surface area contributed by atoms with Gasteiger partial charge >= 0.3 is 0 Å². The van der Waals surface area contributed by atoms with Gasteiger partial charge in [0.1, 0.15) is 11.6 Å². The molecule has 3 aromatic carbocycles. The normalized spacial score (nSPS) is 16.5. The molecule has 1 aliphatic rings. The van der Waals surface area contributed by atoms with Crippen LogP contribution in [0.1, 0.15) is 11.1 Å². The fourth-order valence-corrected chi connectivity index (χ4v) is 4.89. The molecule has 7 heteroatoms. The molecule has 1 aromatic heterocycles. The van der Waals surface area contributed by atoms with E-state index in [-0.39, 0.29) is 23.6 Å². The lowest BCUT2D eigenvalue weighted by atomic mass is 10.0. The van der Waals surface area contributed by atoms with Crippen LogP contribution in [-0.2, 0) is 23.1 Å². The molecule has 4 aromatic rings. The van der Waals surface area contributed by atoms with Gasteiger partial charge in [-0.2, -0.15) is 0 Å². The molecular weight excluding hydrogens is 472 g/mol. The second-order valence-corrected chi connectivity index (χ2v) is 9.28. The van der Waals surface area contributed by atoms with Crippen LogP contribution in [0, 0.1) is 11.6 Å². The number of ether oxygens (including phenoxy) is 1. The molecule has 0 spiro atoms. The maximum absolute atomic E-state index is 14.1. The quantitative estimate of drug-likeness (QED) is 0.356. The summed E-state index contributed by atoms with van der Waals surface area (Å²) >= 11 is 0. The Labute approximate surface area is 215 Å². The smallest absolute Gasteiger partial charge is 0.244 e. The van der Waals surface area contributed by atoms with Gasteiger partial charge in [0.05, 0.1) is 18.4 Å². The lowest BCUT2D eigenvalue weighted by molar-refractivity contribution is -0.117. The monoisotopic (exact) mass is 501 g/mol. The average molecular weight is 502 g/mol. The predicted octanol–water partition coefficient (Wildman–Crippen LogP) is 5.15. The van der Waals surface area contributed by atoms with Gasteiger partial charge in [0.15, 0.2) is 0 Å². The molecule has 190 valence electrons. The van der Waals surface area contributed by atoms with Gasteiger partial charge in [-0.25, -0.2) is 8.78 Å². The van der Waals surface area contributed by atoms with Crippen molar-refractivity contribution in [2.45, 2.75) is 12.6 Å². The van der Waals surface area contributed by atoms with Crippen molar-refractivity contribution >= 4 is 22.9 Å². The molecular formula is C30H29F2N3O2. The number of benzene rings is 3. The maximum Gasteiger partial charge on any atom is 0.244 e. The number of aromatic nitrogens is 1. The third-order valence-corrected chi connectivity index (χ3v) is 6.70. The van der Waals surface area contributed by atoms with Crippen LogP contribution < -0.4 is 5.32 Å². The van der Waals surface area contributed by atoms with E-state index in [4.69, 9.17) is 4.74 Å². The summed E-state index contributed by atoms with van der Waals surface area (Å²) in [5.74, 6) is -0.813. The molecule has 1 unspecified atom stereocenters. The summed E-state index contributed by atoms with van der Waals surface area (Å²) in [6, 6.07) is 21.1. The van der Waals surface area contributed by atoms with E-state index < -0.39 is 0 Å². The number of nitrogens with one attached hydrogen (secondary N) is 1. The fraction of sp³-hybridized carbons (Fsp3) is 0.233. The first-order valence-corrected chi connectivity index (χ1v) is 12.4. The zero-order valence-corrected chi connectivity index (χ0v) is 20.7. The third-order valence-electron chi connectivity index (χ3n) is 6.70. The number of carbonyl (C=O) groups excluding carboxylic acids is 1. The summed E-state index contributed by atoms with van der Waals surface area (Å²) in [5.41, 5.74) is 4.61. The van der Waals surface area contributed by atoms with Crippen LogP contribution in [-0.4, -0.2) is 47.7 Å². The van der Waals surface area contributed by atoms with E-state index in [1.807, 2.05) is 41.9 Å². The van der Waals surface area contributed by atoms with Crippen molar-refractivity contribution in [3.8, 4) is 11.3 Å². The van der Waals surface area contributed by atoms with Crippen molar-refractivity contribution in [2.24, 2.45) is 7.05 Å². The highest BCUT2D eigenvalue weighted by molar-refractivity contribution is 6.01. The highest BCUT2D eigenvalue weighted by atomic mass is 19.1. The summed E-state index contributed by atoms with van der Waals surface area (Å²) < 4.78 is 35.2. The lowest BCUT2D eigenvalue weighted by Crippen LogP contribution is -2.46. The molecule has 0 bridgehead atoms. The zero-order valence-electron chi connectivity index (χ0n) is 20.7. The van der Waals surface area contributed by atoms with Gasteiger partial charge in [-0.3, -0.25) is 9.69 Å². The Hall–Kier alpha value is -3.81. The van der Waals surface area contributed by atoms with Crippen LogP contribution in [0.5, 0.6) is 0 Å². The minimum absolute atomic E-state index is 0.141. The van der Waals surface area contributed by atoms with Gasteiger partial charge in [0.25, 0.3) is 0 Å². The summed E-state index contributed by atoms with van der Waals surface area (Å²) in [7, 11) is 1.94. The van der Waals surface area contributed by atoms with Crippen molar-refractivity contribution in [3.05, 3.63) is 102 Å². The molecule has 1 amide bonds. The Balaban J connectivity index is 1.27. The van der Waals surface area contributed by atoms with Crippen molar-refractivity contribution < 1.29 is 18.3 Å². The van der Waals surface area contributed by atoms with Crippen LogP contribution in [0.2, 0.25) is 0 Å². The zero-order chi connectivity index (χ0) is 25.8. The standard InChI is InChI=1S/C30H29F2N3O2/c1-34-28-13-11-24(32)17-27(28)26(30(34)22-5-3-2-4-6-22)12-14-29(36)33-18-25-20-35(15-16-37-25)19-21-7-9-23(31)10-8-21/h2-14,17,25H,15-16,18-20H2,1H3,(H,33,36). The van der Waals surface area contributed by atoms with E-state index in [0.717, 1.165) is 39.8 Å². The Morgan fingerprint density at radius 2 is 1.81 bits per heavy atom. The fourth-order valence-electron chi connectivity index (χ4n) is 4.89. The molecule has 5 nitrogen and oxygen atoms in total. The number of morpholine rings is 1. The van der Waals surface area contributed by atoms with Gasteiger partial charge < -0.3 is 14.6 Å². The van der Waals surface area contributed by atoms with Gasteiger partial charge in [0.2, 0.25) is 5.91 Å². The second-order valence-electron chi connectivity index (χ2n) is 9.28. The molecule has 0 aliphatic carbocycles. The molecule has 1 aliphatic heterocycles. The van der Waals surface area contributed by atoms with Crippen LogP contribution in [0.3, 0.4) is 0 Å². The number of hydrogen-bond donors (Lipinski definition) is 1. The van der Waals surface area contributed by atoms with Crippen molar-refractivity contribution in [3.63, 3.8) is 0 Å². The minimum Gasteiger partial charge on any atom is -0.374 e. The van der Waals surface area contributed by atoms with Crippen molar-refractivity contribution in [1.29, 1.82) is 0 Å². The van der Waals surface area contributed by atoms with Crippen molar-refractivity contribution in [1.82, 2.24) is 14.8 Å². The summed E-state index contributed by atoms with van der Waals surface area (Å²) in [6.07, 6.45) is 3.10. The average Bonchev–Trinajstić information content (AvgIpc) is 3.18. The Morgan fingerprint density at radius 3 is 2.59 bits per heavy atom. The summed E-state index contributed by atoms with van der Waals surface area (Å²) in [4.78, 5) is 15.0. The van der Waals surface area contributed by atoms with Crippen LogP contribution in [0.4, 0.5) is 8.78 Å². The molecule has 5 rings (SSSR count). The number of fused-ring (bicyclic) bond motifs is 1. The molecule has 1 N–H and O–H groups in total. The topological polar surface area (TPSA) is 46.5 Å². The first kappa shape index (κ1) is 24.9. The molecule has 2 heterocycles. The number of rotatable bonds is 7. The first-order chi connectivity index (χ1) is 18.0. The Kier molecular flexibility index (Phi) is 7.44. The summed E-state index contributed by atoms with van der Waals surface area (Å²) in [5, 5.41) is 3.68. The van der Waals surface area contributed by atoms with Crippen LogP contribution in [0.15, 0.2) is 78.9 Å². The van der Waals surface area contributed by atoms with Gasteiger partial charge in [-0.1, -0.05) is 42.5 Å². The van der Waals surface area contributed by atoms with E-state index in [2.05, 4.69) is 10.2 Å². The van der Waals surface area contributed by atoms with Crippen LogP contribution >= 0.6 is 0 Å². The molecule has 1 saturated heterocycles. The number of amides is 1. The highest BCUT2D eigenvalue weighted by Crippen LogP contribution is 2.34. The van der Waals surface area contributed by atoms with E-state index in [1.54, 1.807) is 24.3 Å². The molecule has 1 fully saturated rings. The van der Waals surface area contributed by atoms with E-state index in [1.165, 1.54) is 30.3 Å². The number of aryl methyl sites for hydroxylation is 1. The molecule has 37 heavy (non-hydrogen) atoms. The van der Waals surface area contributed by atoms with Gasteiger partial charge in [-0.15, -0.1) is 0 Å². The molecule has 0 radical (unpaired) electrons. The highest BCUT2D eigenvalue weighted by Gasteiger charge is 2.21. The number of halogens is 2. The minimum atomic E-state index is -0.323. The SMILES string of the molecule is Cn1c(-c2ccccc2)c(C=CC(=O)NCC2CN(Cc3ccc(F)cc3)CCO2)c2cc(F)ccc21. The predicted molar refractivity (Wildman–Crippen MR) is 142 cm³/mol. The third kappa shape index (κ3) is 5.79. The van der Waals surface area contributed by atoms with Gasteiger partial charge in [0, 0.05) is 55.8 Å². The van der Waals surface area contributed by atoms with E-state index in [0.29, 0.717) is 26.2 Å². The maximum atomic E-state index is 14.1. The number of carbonyl (C=O) groups is 1. The summed E-state index contributed by atoms with van der Waals surface area (Å²) in [6.45, 7) is 3.09. The Morgan fingerprint density at radius 1 is 1.05 bits per heavy atom. The molecule has 1 atom stereocenters. The van der Waals surface area contributed by atoms with Gasteiger partial charge in [-0.05, 0) is 47.5 Å². The largest absolute Gasteiger partial charge is 0.374 e. The molecule has 0 saturated carbocycles. The Bertz CT molecular complexity index is 1410.